The zero-order valence-corrected chi connectivity index (χ0v) is 13.5. The molecule has 0 amide bonds. The van der Waals surface area contributed by atoms with Crippen LogP contribution in [0.4, 0.5) is 5.69 Å². The molecule has 1 aliphatic rings. The van der Waals surface area contributed by atoms with Crippen LogP contribution in [0.3, 0.4) is 0 Å². The number of sulfonamides is 1. The van der Waals surface area contributed by atoms with Gasteiger partial charge >= 0.3 is 0 Å². The molecular formula is C15H24N2O2S. The molecule has 1 aromatic carbocycles. The third-order valence-corrected chi connectivity index (χ3v) is 6.48. The van der Waals surface area contributed by atoms with E-state index < -0.39 is 10.0 Å². The Balaban J connectivity index is 2.55. The van der Waals surface area contributed by atoms with Gasteiger partial charge < -0.3 is 5.73 Å². The standard InChI is InChI=1S/C15H24N2O2S/c1-5-13-7-6-11(3)17(13)20(18,19)15-9-10(2)8-14(16)12(15)4/h8-9,11,13H,5-7,16H2,1-4H3. The number of aryl methyl sites for hydroxylation is 1. The molecule has 0 radical (unpaired) electrons. The number of nitrogen functional groups attached to an aromatic ring is 1. The normalized spacial score (nSPS) is 24.2. The molecule has 1 aliphatic heterocycles. The van der Waals surface area contributed by atoms with E-state index in [1.54, 1.807) is 17.3 Å². The minimum absolute atomic E-state index is 0.0612. The number of hydrogen-bond acceptors (Lipinski definition) is 3. The van der Waals surface area contributed by atoms with Crippen molar-refractivity contribution in [1.82, 2.24) is 4.31 Å². The molecule has 0 aromatic heterocycles. The van der Waals surface area contributed by atoms with Gasteiger partial charge in [0.1, 0.15) is 0 Å². The lowest BCUT2D eigenvalue weighted by Gasteiger charge is -2.28. The molecule has 2 N–H and O–H groups in total. The average Bonchev–Trinajstić information content (AvgIpc) is 2.75. The van der Waals surface area contributed by atoms with Crippen molar-refractivity contribution in [3.63, 3.8) is 0 Å². The lowest BCUT2D eigenvalue weighted by molar-refractivity contribution is 0.328. The fourth-order valence-electron chi connectivity index (χ4n) is 3.10. The van der Waals surface area contributed by atoms with E-state index in [9.17, 15) is 8.42 Å². The second-order valence-corrected chi connectivity index (χ2v) is 7.61. The van der Waals surface area contributed by atoms with Gasteiger partial charge in [-0.3, -0.25) is 0 Å². The second kappa shape index (κ2) is 5.37. The summed E-state index contributed by atoms with van der Waals surface area (Å²) in [7, 11) is -3.47. The van der Waals surface area contributed by atoms with Crippen molar-refractivity contribution in [3.05, 3.63) is 23.3 Å². The quantitative estimate of drug-likeness (QED) is 0.872. The molecule has 2 unspecified atom stereocenters. The summed E-state index contributed by atoms with van der Waals surface area (Å²) in [5.41, 5.74) is 8.02. The van der Waals surface area contributed by atoms with Gasteiger partial charge in [0.15, 0.2) is 0 Å². The van der Waals surface area contributed by atoms with E-state index in [0.29, 0.717) is 16.1 Å². The van der Waals surface area contributed by atoms with Crippen LogP contribution in [0.1, 0.15) is 44.2 Å². The summed E-state index contributed by atoms with van der Waals surface area (Å²) in [5, 5.41) is 0. The van der Waals surface area contributed by atoms with E-state index in [4.69, 9.17) is 5.73 Å². The minimum Gasteiger partial charge on any atom is -0.398 e. The number of anilines is 1. The Hall–Kier alpha value is -1.07. The van der Waals surface area contributed by atoms with Crippen molar-refractivity contribution < 1.29 is 8.42 Å². The van der Waals surface area contributed by atoms with Gasteiger partial charge in [-0.2, -0.15) is 4.31 Å². The first-order chi connectivity index (χ1) is 9.28. The first-order valence-corrected chi connectivity index (χ1v) is 8.63. The maximum Gasteiger partial charge on any atom is 0.243 e. The van der Waals surface area contributed by atoms with Gasteiger partial charge in [0.2, 0.25) is 10.0 Å². The van der Waals surface area contributed by atoms with Gasteiger partial charge in [0, 0.05) is 17.8 Å². The maximum absolute atomic E-state index is 13.0. The summed E-state index contributed by atoms with van der Waals surface area (Å²) in [4.78, 5) is 0.363. The molecule has 2 atom stereocenters. The molecule has 0 bridgehead atoms. The highest BCUT2D eigenvalue weighted by molar-refractivity contribution is 7.89. The van der Waals surface area contributed by atoms with Crippen LogP contribution < -0.4 is 5.73 Å². The molecule has 0 spiro atoms. The van der Waals surface area contributed by atoms with E-state index in [0.717, 1.165) is 24.8 Å². The number of nitrogens with two attached hydrogens (primary N) is 1. The third kappa shape index (κ3) is 2.44. The van der Waals surface area contributed by atoms with Crippen LogP contribution in [0, 0.1) is 13.8 Å². The van der Waals surface area contributed by atoms with E-state index in [2.05, 4.69) is 0 Å². The highest BCUT2D eigenvalue weighted by Crippen LogP contribution is 2.34. The topological polar surface area (TPSA) is 63.4 Å². The first kappa shape index (κ1) is 15.3. The van der Waals surface area contributed by atoms with Gasteiger partial charge in [-0.15, -0.1) is 0 Å². The van der Waals surface area contributed by atoms with E-state index >= 15 is 0 Å². The molecule has 4 nitrogen and oxygen atoms in total. The maximum atomic E-state index is 13.0. The Morgan fingerprint density at radius 1 is 1.30 bits per heavy atom. The third-order valence-electron chi connectivity index (χ3n) is 4.28. The molecular weight excluding hydrogens is 272 g/mol. The monoisotopic (exact) mass is 296 g/mol. The number of hydrogen-bond donors (Lipinski definition) is 1. The Labute approximate surface area is 122 Å². The van der Waals surface area contributed by atoms with Crippen LogP contribution in [0.25, 0.3) is 0 Å². The van der Waals surface area contributed by atoms with Gasteiger partial charge in [-0.1, -0.05) is 6.92 Å². The number of benzene rings is 1. The number of nitrogens with zero attached hydrogens (tertiary/aromatic N) is 1. The summed E-state index contributed by atoms with van der Waals surface area (Å²) in [6, 6.07) is 3.72. The van der Waals surface area contributed by atoms with Crippen LogP contribution in [0.5, 0.6) is 0 Å². The number of rotatable bonds is 3. The van der Waals surface area contributed by atoms with E-state index in [1.807, 2.05) is 26.8 Å². The van der Waals surface area contributed by atoms with Crippen molar-refractivity contribution in [2.45, 2.75) is 63.9 Å². The summed E-state index contributed by atoms with van der Waals surface area (Å²) in [6.07, 6.45) is 2.72. The summed E-state index contributed by atoms with van der Waals surface area (Å²) >= 11 is 0. The van der Waals surface area contributed by atoms with Crippen LogP contribution in [-0.4, -0.2) is 24.8 Å². The molecule has 1 aromatic rings. The van der Waals surface area contributed by atoms with Crippen LogP contribution >= 0.6 is 0 Å². The van der Waals surface area contributed by atoms with Gasteiger partial charge in [0.25, 0.3) is 0 Å². The zero-order chi connectivity index (χ0) is 15.1. The molecule has 0 saturated carbocycles. The SMILES string of the molecule is CCC1CCC(C)N1S(=O)(=O)c1cc(C)cc(N)c1C. The second-order valence-electron chi connectivity index (χ2n) is 5.80. The summed E-state index contributed by atoms with van der Waals surface area (Å²) in [5.74, 6) is 0. The molecule has 0 aliphatic carbocycles. The Bertz CT molecular complexity index is 611. The van der Waals surface area contributed by atoms with Gasteiger partial charge in [0.05, 0.1) is 4.90 Å². The van der Waals surface area contributed by atoms with Crippen molar-refractivity contribution in [1.29, 1.82) is 0 Å². The summed E-state index contributed by atoms with van der Waals surface area (Å²) < 4.78 is 27.7. The predicted octanol–water partition coefficient (Wildman–Crippen LogP) is 2.84. The van der Waals surface area contributed by atoms with Crippen molar-refractivity contribution >= 4 is 15.7 Å². The molecule has 1 heterocycles. The largest absolute Gasteiger partial charge is 0.398 e. The molecule has 1 fully saturated rings. The lowest BCUT2D eigenvalue weighted by Crippen LogP contribution is -2.40. The Morgan fingerprint density at radius 2 is 1.95 bits per heavy atom. The molecule has 20 heavy (non-hydrogen) atoms. The predicted molar refractivity (Wildman–Crippen MR) is 82.1 cm³/mol. The van der Waals surface area contributed by atoms with E-state index in [-0.39, 0.29) is 12.1 Å². The average molecular weight is 296 g/mol. The smallest absolute Gasteiger partial charge is 0.243 e. The fraction of sp³-hybridized carbons (Fsp3) is 0.600. The molecule has 112 valence electrons. The highest BCUT2D eigenvalue weighted by atomic mass is 32.2. The minimum atomic E-state index is -3.47. The fourth-order valence-corrected chi connectivity index (χ4v) is 5.39. The highest BCUT2D eigenvalue weighted by Gasteiger charge is 2.39. The van der Waals surface area contributed by atoms with Crippen LogP contribution in [0.15, 0.2) is 17.0 Å². The first-order valence-electron chi connectivity index (χ1n) is 7.19. The molecule has 5 heteroatoms. The van der Waals surface area contributed by atoms with Crippen molar-refractivity contribution in [2.75, 3.05) is 5.73 Å². The Morgan fingerprint density at radius 3 is 2.55 bits per heavy atom. The van der Waals surface area contributed by atoms with Crippen molar-refractivity contribution in [3.8, 4) is 0 Å². The lowest BCUT2D eigenvalue weighted by atomic mass is 10.1. The van der Waals surface area contributed by atoms with E-state index in [1.165, 1.54) is 0 Å². The van der Waals surface area contributed by atoms with Crippen molar-refractivity contribution in [2.24, 2.45) is 0 Å². The Kier molecular flexibility index (Phi) is 4.12. The molecule has 1 saturated heterocycles. The van der Waals surface area contributed by atoms with Crippen LogP contribution in [0.2, 0.25) is 0 Å². The van der Waals surface area contributed by atoms with Gasteiger partial charge in [-0.05, 0) is 63.3 Å². The van der Waals surface area contributed by atoms with Gasteiger partial charge in [-0.25, -0.2) is 8.42 Å². The van der Waals surface area contributed by atoms with Crippen LogP contribution in [-0.2, 0) is 10.0 Å². The molecule has 2 rings (SSSR count). The zero-order valence-electron chi connectivity index (χ0n) is 12.7. The summed E-state index contributed by atoms with van der Waals surface area (Å²) in [6.45, 7) is 7.69.